The van der Waals surface area contributed by atoms with Crippen LogP contribution in [0.15, 0.2) is 0 Å². The summed E-state index contributed by atoms with van der Waals surface area (Å²) >= 11 is 0. The topological polar surface area (TPSA) is 20.3 Å². The highest BCUT2D eigenvalue weighted by Gasteiger charge is 2.39. The molecule has 0 radical (unpaired) electrons. The third kappa shape index (κ3) is 2.32. The maximum Gasteiger partial charge on any atom is 0.137 e. The highest BCUT2D eigenvalue weighted by atomic mass is 16.1. The Labute approximate surface area is 99.4 Å². The monoisotopic (exact) mass is 223 g/mol. The number of hydrogen-bond donors (Lipinski definition) is 0. The van der Waals surface area contributed by atoms with Gasteiger partial charge in [0.25, 0.3) is 0 Å². The van der Waals surface area contributed by atoms with E-state index in [0.717, 1.165) is 19.3 Å². The van der Waals surface area contributed by atoms with E-state index in [0.29, 0.717) is 23.8 Å². The van der Waals surface area contributed by atoms with Crippen LogP contribution >= 0.6 is 0 Å². The number of hydrogen-bond acceptors (Lipinski definition) is 2. The minimum atomic E-state index is 0.377. The first-order chi connectivity index (χ1) is 7.74. The van der Waals surface area contributed by atoms with Crippen molar-refractivity contribution in [2.45, 2.75) is 70.9 Å². The van der Waals surface area contributed by atoms with Gasteiger partial charge in [0.2, 0.25) is 0 Å². The molecule has 2 rings (SSSR count). The Hall–Kier alpha value is -0.370. The third-order valence-corrected chi connectivity index (χ3v) is 4.43. The van der Waals surface area contributed by atoms with Crippen LogP contribution in [-0.2, 0) is 4.79 Å². The summed E-state index contributed by atoms with van der Waals surface area (Å²) in [7, 11) is 0. The van der Waals surface area contributed by atoms with Gasteiger partial charge in [0, 0.05) is 24.4 Å². The lowest BCUT2D eigenvalue weighted by Crippen LogP contribution is -2.42. The van der Waals surface area contributed by atoms with Crippen molar-refractivity contribution in [2.75, 3.05) is 6.54 Å². The second-order valence-corrected chi connectivity index (χ2v) is 5.55. The van der Waals surface area contributed by atoms with Crippen LogP contribution in [0.5, 0.6) is 0 Å². The van der Waals surface area contributed by atoms with Gasteiger partial charge in [-0.1, -0.05) is 13.3 Å². The summed E-state index contributed by atoms with van der Waals surface area (Å²) < 4.78 is 0. The summed E-state index contributed by atoms with van der Waals surface area (Å²) in [5.41, 5.74) is 0. The molecule has 0 bridgehead atoms. The predicted molar refractivity (Wildman–Crippen MR) is 66.4 cm³/mol. The summed E-state index contributed by atoms with van der Waals surface area (Å²) in [6.07, 6.45) is 8.21. The molecule has 1 aliphatic carbocycles. The van der Waals surface area contributed by atoms with Crippen LogP contribution in [0.25, 0.3) is 0 Å². The Bertz CT molecular complexity index is 251. The van der Waals surface area contributed by atoms with Crippen molar-refractivity contribution in [3.63, 3.8) is 0 Å². The van der Waals surface area contributed by atoms with Crippen LogP contribution in [0.3, 0.4) is 0 Å². The van der Waals surface area contributed by atoms with Crippen LogP contribution in [0.2, 0.25) is 0 Å². The molecule has 1 heterocycles. The smallest absolute Gasteiger partial charge is 0.137 e. The van der Waals surface area contributed by atoms with E-state index in [4.69, 9.17) is 0 Å². The first kappa shape index (κ1) is 12.1. The highest BCUT2D eigenvalue weighted by molar-refractivity contribution is 5.83. The molecule has 2 heteroatoms. The normalized spacial score (nSPS) is 33.5. The molecule has 1 saturated carbocycles. The van der Waals surface area contributed by atoms with Crippen LogP contribution in [0, 0.1) is 5.92 Å². The molecule has 2 fully saturated rings. The van der Waals surface area contributed by atoms with E-state index in [2.05, 4.69) is 18.7 Å². The molecule has 0 N–H and O–H groups in total. The molecule has 16 heavy (non-hydrogen) atoms. The molecule has 0 aromatic carbocycles. The van der Waals surface area contributed by atoms with Gasteiger partial charge in [0.15, 0.2) is 0 Å². The second-order valence-electron chi connectivity index (χ2n) is 5.55. The molecule has 0 aromatic rings. The van der Waals surface area contributed by atoms with Crippen LogP contribution < -0.4 is 0 Å². The summed E-state index contributed by atoms with van der Waals surface area (Å²) in [4.78, 5) is 14.5. The van der Waals surface area contributed by atoms with Gasteiger partial charge in [0.05, 0.1) is 0 Å². The Morgan fingerprint density at radius 3 is 2.81 bits per heavy atom. The van der Waals surface area contributed by atoms with Crippen molar-refractivity contribution >= 4 is 5.78 Å². The van der Waals surface area contributed by atoms with Gasteiger partial charge < -0.3 is 0 Å². The summed E-state index contributed by atoms with van der Waals surface area (Å²) in [5.74, 6) is 0.919. The number of carbonyl (C=O) groups excluding carboxylic acids is 1. The maximum absolute atomic E-state index is 11.9. The molecular weight excluding hydrogens is 198 g/mol. The van der Waals surface area contributed by atoms with E-state index in [1.165, 1.54) is 32.2 Å². The van der Waals surface area contributed by atoms with Gasteiger partial charge in [0.1, 0.15) is 5.78 Å². The molecule has 1 saturated heterocycles. The Kier molecular flexibility index (Phi) is 4.01. The number of nitrogens with zero attached hydrogens (tertiary/aromatic N) is 1. The fourth-order valence-corrected chi connectivity index (χ4v) is 3.63. The van der Waals surface area contributed by atoms with Crippen LogP contribution in [0.1, 0.15) is 58.8 Å². The average molecular weight is 223 g/mol. The van der Waals surface area contributed by atoms with E-state index in [-0.39, 0.29) is 0 Å². The number of ketones is 1. The Morgan fingerprint density at radius 1 is 1.38 bits per heavy atom. The quantitative estimate of drug-likeness (QED) is 0.730. The van der Waals surface area contributed by atoms with E-state index < -0.39 is 0 Å². The second kappa shape index (κ2) is 5.31. The zero-order valence-corrected chi connectivity index (χ0v) is 10.7. The molecule has 0 amide bonds. The molecule has 3 unspecified atom stereocenters. The van der Waals surface area contributed by atoms with Gasteiger partial charge in [-0.2, -0.15) is 0 Å². The third-order valence-electron chi connectivity index (χ3n) is 4.43. The van der Waals surface area contributed by atoms with Crippen molar-refractivity contribution in [2.24, 2.45) is 5.92 Å². The Balaban J connectivity index is 1.99. The van der Waals surface area contributed by atoms with E-state index >= 15 is 0 Å². The van der Waals surface area contributed by atoms with Gasteiger partial charge in [-0.25, -0.2) is 0 Å². The Morgan fingerprint density at radius 2 is 2.19 bits per heavy atom. The predicted octanol–water partition coefficient (Wildman–Crippen LogP) is 3.01. The minimum absolute atomic E-state index is 0.377. The van der Waals surface area contributed by atoms with Gasteiger partial charge in [-0.3, -0.25) is 9.69 Å². The zero-order valence-electron chi connectivity index (χ0n) is 10.7. The molecule has 0 spiro atoms. The first-order valence-corrected chi connectivity index (χ1v) is 7.02. The maximum atomic E-state index is 11.9. The fraction of sp³-hybridized carbons (Fsp3) is 0.929. The lowest BCUT2D eigenvalue weighted by Gasteiger charge is -2.33. The van der Waals surface area contributed by atoms with Gasteiger partial charge >= 0.3 is 0 Å². The van der Waals surface area contributed by atoms with Crippen molar-refractivity contribution in [3.05, 3.63) is 0 Å². The highest BCUT2D eigenvalue weighted by Crippen LogP contribution is 2.34. The fourth-order valence-electron chi connectivity index (χ4n) is 3.63. The molecule has 2 nitrogen and oxygen atoms in total. The lowest BCUT2D eigenvalue weighted by atomic mass is 9.94. The summed E-state index contributed by atoms with van der Waals surface area (Å²) in [6.45, 7) is 5.80. The van der Waals surface area contributed by atoms with Crippen LogP contribution in [0.4, 0.5) is 0 Å². The standard InChI is InChI=1S/C14H25NO/c1-3-6-11(2)15-10-5-8-13(15)12-7-4-9-14(12)16/h11-13H,3-10H2,1-2H3. The van der Waals surface area contributed by atoms with Gasteiger partial charge in [-0.15, -0.1) is 0 Å². The largest absolute Gasteiger partial charge is 0.299 e. The van der Waals surface area contributed by atoms with E-state index in [1.807, 2.05) is 0 Å². The zero-order chi connectivity index (χ0) is 11.5. The molecule has 0 aromatic heterocycles. The first-order valence-electron chi connectivity index (χ1n) is 7.02. The number of carbonyl (C=O) groups is 1. The molecule has 2 aliphatic rings. The molecular formula is C14H25NO. The number of rotatable bonds is 4. The average Bonchev–Trinajstić information content (AvgIpc) is 2.85. The lowest BCUT2D eigenvalue weighted by molar-refractivity contribution is -0.122. The summed E-state index contributed by atoms with van der Waals surface area (Å²) in [6, 6.07) is 1.25. The number of likely N-dealkylation sites (tertiary alicyclic amines) is 1. The van der Waals surface area contributed by atoms with Crippen LogP contribution in [-0.4, -0.2) is 29.3 Å². The van der Waals surface area contributed by atoms with E-state index in [9.17, 15) is 4.79 Å². The van der Waals surface area contributed by atoms with Crippen molar-refractivity contribution in [1.82, 2.24) is 4.90 Å². The van der Waals surface area contributed by atoms with Crippen molar-refractivity contribution in [3.8, 4) is 0 Å². The summed E-state index contributed by atoms with van der Waals surface area (Å²) in [5, 5.41) is 0. The minimum Gasteiger partial charge on any atom is -0.299 e. The molecule has 92 valence electrons. The van der Waals surface area contributed by atoms with Crippen molar-refractivity contribution < 1.29 is 4.79 Å². The SMILES string of the molecule is CCCC(C)N1CCCC1C1CCCC1=O. The number of Topliss-reactive ketones (excluding diaryl/α,β-unsaturated/α-hetero) is 1. The van der Waals surface area contributed by atoms with Gasteiger partial charge in [-0.05, 0) is 45.6 Å². The van der Waals surface area contributed by atoms with E-state index in [1.54, 1.807) is 0 Å². The molecule has 3 atom stereocenters. The molecule has 1 aliphatic heterocycles. The van der Waals surface area contributed by atoms with Crippen molar-refractivity contribution in [1.29, 1.82) is 0 Å².